The first-order valence-electron chi connectivity index (χ1n) is 7.05. The average molecular weight is 261 g/mol. The predicted octanol–water partition coefficient (Wildman–Crippen LogP) is 2.69. The second-order valence-electron chi connectivity index (χ2n) is 5.23. The van der Waals surface area contributed by atoms with E-state index < -0.39 is 0 Å². The van der Waals surface area contributed by atoms with E-state index in [9.17, 15) is 4.79 Å². The first-order chi connectivity index (χ1) is 9.13. The first-order valence-corrected chi connectivity index (χ1v) is 7.05. The molecule has 2 unspecified atom stereocenters. The highest BCUT2D eigenvalue weighted by atomic mass is 16.1. The van der Waals surface area contributed by atoms with Crippen LogP contribution in [0, 0.1) is 5.92 Å². The minimum atomic E-state index is 0.000787. The van der Waals surface area contributed by atoms with Crippen molar-refractivity contribution in [3.8, 4) is 0 Å². The van der Waals surface area contributed by atoms with Crippen LogP contribution in [0.3, 0.4) is 0 Å². The number of rotatable bonds is 4. The third-order valence-electron chi connectivity index (χ3n) is 3.91. The van der Waals surface area contributed by atoms with E-state index in [0.717, 1.165) is 36.4 Å². The van der Waals surface area contributed by atoms with Crippen molar-refractivity contribution < 1.29 is 4.79 Å². The molecule has 0 bridgehead atoms. The zero-order chi connectivity index (χ0) is 13.8. The molecule has 1 aromatic carbocycles. The van der Waals surface area contributed by atoms with E-state index in [0.29, 0.717) is 5.92 Å². The third kappa shape index (κ3) is 3.00. The van der Waals surface area contributed by atoms with Gasteiger partial charge in [-0.15, -0.1) is 0 Å². The number of fused-ring (bicyclic) bond motifs is 1. The molecular formula is C15H23N3O. The maximum Gasteiger partial charge on any atom is 0.253 e. The predicted molar refractivity (Wildman–Crippen MR) is 79.8 cm³/mol. The van der Waals surface area contributed by atoms with Gasteiger partial charge in [0.25, 0.3) is 5.91 Å². The maximum absolute atomic E-state index is 12.4. The van der Waals surface area contributed by atoms with Gasteiger partial charge in [0.2, 0.25) is 0 Å². The summed E-state index contributed by atoms with van der Waals surface area (Å²) in [6, 6.07) is 5.97. The van der Waals surface area contributed by atoms with Gasteiger partial charge in [-0.1, -0.05) is 26.3 Å². The topological polar surface area (TPSA) is 53.2 Å². The Kier molecular flexibility index (Phi) is 4.30. The molecule has 1 heterocycles. The fraction of sp³-hybridized carbons (Fsp3) is 0.533. The lowest BCUT2D eigenvalue weighted by molar-refractivity contribution is 0.0929. The molecule has 1 amide bonds. The Labute approximate surface area is 115 Å². The van der Waals surface area contributed by atoms with Gasteiger partial charge in [-0.2, -0.15) is 0 Å². The van der Waals surface area contributed by atoms with Crippen molar-refractivity contribution in [2.75, 3.05) is 23.7 Å². The zero-order valence-corrected chi connectivity index (χ0v) is 11.9. The third-order valence-corrected chi connectivity index (χ3v) is 3.91. The molecule has 0 aliphatic carbocycles. The van der Waals surface area contributed by atoms with Crippen molar-refractivity contribution >= 4 is 17.3 Å². The van der Waals surface area contributed by atoms with Crippen LogP contribution in [0.4, 0.5) is 11.4 Å². The Morgan fingerprint density at radius 1 is 1.32 bits per heavy atom. The van der Waals surface area contributed by atoms with Gasteiger partial charge in [-0.05, 0) is 25.0 Å². The van der Waals surface area contributed by atoms with Crippen molar-refractivity contribution in [2.45, 2.75) is 33.2 Å². The molecule has 2 rings (SSSR count). The number of carbonyl (C=O) groups excluding carboxylic acids is 1. The highest BCUT2D eigenvalue weighted by molar-refractivity contribution is 6.02. The molecule has 1 aromatic rings. The summed E-state index contributed by atoms with van der Waals surface area (Å²) >= 11 is 0. The summed E-state index contributed by atoms with van der Waals surface area (Å²) in [7, 11) is 0. The van der Waals surface area contributed by atoms with Crippen molar-refractivity contribution in [3.05, 3.63) is 23.8 Å². The van der Waals surface area contributed by atoms with E-state index in [1.807, 2.05) is 18.2 Å². The Balaban J connectivity index is 2.15. The highest BCUT2D eigenvalue weighted by Gasteiger charge is 2.19. The number of benzene rings is 1. The van der Waals surface area contributed by atoms with Crippen molar-refractivity contribution in [2.24, 2.45) is 5.92 Å². The summed E-state index contributed by atoms with van der Waals surface area (Å²) in [5, 5.41) is 9.70. The Bertz CT molecular complexity index is 459. The molecule has 0 aromatic heterocycles. The molecule has 0 saturated heterocycles. The first kappa shape index (κ1) is 13.7. The molecule has 3 N–H and O–H groups in total. The smallest absolute Gasteiger partial charge is 0.253 e. The van der Waals surface area contributed by atoms with Crippen molar-refractivity contribution in [1.82, 2.24) is 5.32 Å². The monoisotopic (exact) mass is 261 g/mol. The molecule has 19 heavy (non-hydrogen) atoms. The quantitative estimate of drug-likeness (QED) is 0.781. The molecule has 4 nitrogen and oxygen atoms in total. The second-order valence-corrected chi connectivity index (χ2v) is 5.23. The zero-order valence-electron chi connectivity index (χ0n) is 11.9. The average Bonchev–Trinajstić information content (AvgIpc) is 2.45. The fourth-order valence-electron chi connectivity index (χ4n) is 2.24. The van der Waals surface area contributed by atoms with Crippen molar-refractivity contribution in [3.63, 3.8) is 0 Å². The summed E-state index contributed by atoms with van der Waals surface area (Å²) in [5.41, 5.74) is 2.65. The van der Waals surface area contributed by atoms with Gasteiger partial charge in [0.15, 0.2) is 0 Å². The Morgan fingerprint density at radius 2 is 2.05 bits per heavy atom. The number of amides is 1. The number of hydrogen-bond acceptors (Lipinski definition) is 3. The minimum Gasteiger partial charge on any atom is -0.382 e. The normalized spacial score (nSPS) is 16.6. The van der Waals surface area contributed by atoms with Crippen LogP contribution in [-0.4, -0.2) is 25.0 Å². The standard InChI is InChI=1S/C15H23N3O/c1-4-10(2)11(3)18-15(19)12-6-5-7-13-14(12)17-9-8-16-13/h5-7,10-11,16-17H,4,8-9H2,1-3H3,(H,18,19). The number of hydrogen-bond donors (Lipinski definition) is 3. The Morgan fingerprint density at radius 3 is 2.79 bits per heavy atom. The largest absolute Gasteiger partial charge is 0.382 e. The summed E-state index contributed by atoms with van der Waals surface area (Å²) < 4.78 is 0. The molecule has 1 aliphatic heterocycles. The van der Waals surface area contributed by atoms with E-state index in [-0.39, 0.29) is 11.9 Å². The van der Waals surface area contributed by atoms with Crippen LogP contribution in [0.15, 0.2) is 18.2 Å². The lowest BCUT2D eigenvalue weighted by atomic mass is 10.00. The van der Waals surface area contributed by atoms with Gasteiger partial charge in [0.1, 0.15) is 0 Å². The minimum absolute atomic E-state index is 0.000787. The van der Waals surface area contributed by atoms with Crippen LogP contribution >= 0.6 is 0 Å². The molecule has 0 spiro atoms. The summed E-state index contributed by atoms with van der Waals surface area (Å²) in [5.74, 6) is 0.482. The number of carbonyl (C=O) groups is 1. The molecule has 104 valence electrons. The van der Waals surface area contributed by atoms with Gasteiger partial charge in [-0.25, -0.2) is 0 Å². The molecule has 1 aliphatic rings. The van der Waals surface area contributed by atoms with Crippen LogP contribution in [0.5, 0.6) is 0 Å². The Hall–Kier alpha value is -1.71. The van der Waals surface area contributed by atoms with Crippen LogP contribution in [0.2, 0.25) is 0 Å². The molecule has 2 atom stereocenters. The second kappa shape index (κ2) is 5.95. The van der Waals surface area contributed by atoms with Gasteiger partial charge >= 0.3 is 0 Å². The van der Waals surface area contributed by atoms with E-state index in [4.69, 9.17) is 0 Å². The number of para-hydroxylation sites is 1. The lowest BCUT2D eigenvalue weighted by Gasteiger charge is -2.24. The molecule has 0 saturated carbocycles. The van der Waals surface area contributed by atoms with Gasteiger partial charge in [0.05, 0.1) is 16.9 Å². The van der Waals surface area contributed by atoms with E-state index in [1.54, 1.807) is 0 Å². The number of anilines is 2. The fourth-order valence-corrected chi connectivity index (χ4v) is 2.24. The van der Waals surface area contributed by atoms with E-state index in [2.05, 4.69) is 36.7 Å². The highest BCUT2D eigenvalue weighted by Crippen LogP contribution is 2.28. The van der Waals surface area contributed by atoms with Gasteiger partial charge < -0.3 is 16.0 Å². The lowest BCUT2D eigenvalue weighted by Crippen LogP contribution is -2.37. The van der Waals surface area contributed by atoms with Gasteiger partial charge in [-0.3, -0.25) is 4.79 Å². The van der Waals surface area contributed by atoms with Crippen LogP contribution in [-0.2, 0) is 0 Å². The van der Waals surface area contributed by atoms with Crippen LogP contribution in [0.1, 0.15) is 37.6 Å². The van der Waals surface area contributed by atoms with E-state index >= 15 is 0 Å². The summed E-state index contributed by atoms with van der Waals surface area (Å²) in [6.07, 6.45) is 1.06. The maximum atomic E-state index is 12.4. The summed E-state index contributed by atoms with van der Waals surface area (Å²) in [4.78, 5) is 12.4. The molecule has 4 heteroatoms. The van der Waals surface area contributed by atoms with Gasteiger partial charge in [0, 0.05) is 19.1 Å². The molecular weight excluding hydrogens is 238 g/mol. The van der Waals surface area contributed by atoms with Crippen molar-refractivity contribution in [1.29, 1.82) is 0 Å². The molecule has 0 fully saturated rings. The van der Waals surface area contributed by atoms with E-state index in [1.165, 1.54) is 0 Å². The van der Waals surface area contributed by atoms with Crippen LogP contribution < -0.4 is 16.0 Å². The SMILES string of the molecule is CCC(C)C(C)NC(=O)c1cccc2c1NCCN2. The van der Waals surface area contributed by atoms with Crippen LogP contribution in [0.25, 0.3) is 0 Å². The summed E-state index contributed by atoms with van der Waals surface area (Å²) in [6.45, 7) is 8.10. The molecule has 0 radical (unpaired) electrons. The number of nitrogens with one attached hydrogen (secondary N) is 3.